The van der Waals surface area contributed by atoms with E-state index in [2.05, 4.69) is 5.32 Å². The zero-order valence-electron chi connectivity index (χ0n) is 14.6. The van der Waals surface area contributed by atoms with Gasteiger partial charge in [0, 0.05) is 26.1 Å². The molecular weight excluding hydrogens is 304 g/mol. The number of nitrogens with one attached hydrogen (secondary N) is 1. The molecule has 0 aliphatic carbocycles. The molecule has 5 nitrogen and oxygen atoms in total. The van der Waals surface area contributed by atoms with Gasteiger partial charge in [0.15, 0.2) is 0 Å². The molecule has 1 saturated heterocycles. The Morgan fingerprint density at radius 2 is 2.08 bits per heavy atom. The highest BCUT2D eigenvalue weighted by atomic mass is 16.3. The summed E-state index contributed by atoms with van der Waals surface area (Å²) in [6.45, 7) is 5.33. The summed E-state index contributed by atoms with van der Waals surface area (Å²) in [7, 11) is 0. The maximum atomic E-state index is 12.2. The van der Waals surface area contributed by atoms with Gasteiger partial charge in [-0.25, -0.2) is 0 Å². The first-order valence-corrected chi connectivity index (χ1v) is 8.78. The molecule has 2 N–H and O–H groups in total. The van der Waals surface area contributed by atoms with Gasteiger partial charge in [-0.15, -0.1) is 0 Å². The van der Waals surface area contributed by atoms with Crippen LogP contribution in [0.15, 0.2) is 30.3 Å². The van der Waals surface area contributed by atoms with E-state index in [1.54, 1.807) is 4.90 Å². The number of amides is 2. The second-order valence-corrected chi connectivity index (χ2v) is 6.67. The minimum Gasteiger partial charge on any atom is -0.391 e. The summed E-state index contributed by atoms with van der Waals surface area (Å²) in [4.78, 5) is 26.1. The van der Waals surface area contributed by atoms with Gasteiger partial charge >= 0.3 is 0 Å². The van der Waals surface area contributed by atoms with Crippen molar-refractivity contribution < 1.29 is 14.7 Å². The minimum atomic E-state index is -0.537. The van der Waals surface area contributed by atoms with E-state index in [4.69, 9.17) is 0 Å². The first kappa shape index (κ1) is 18.5. The second kappa shape index (κ2) is 8.83. The molecule has 0 radical (unpaired) electrons. The van der Waals surface area contributed by atoms with Gasteiger partial charge in [0.1, 0.15) is 0 Å². The Bertz CT molecular complexity index is 547. The van der Waals surface area contributed by atoms with Crippen molar-refractivity contribution in [3.8, 4) is 0 Å². The van der Waals surface area contributed by atoms with Gasteiger partial charge in [0.05, 0.1) is 12.0 Å². The van der Waals surface area contributed by atoms with E-state index >= 15 is 0 Å². The van der Waals surface area contributed by atoms with Crippen molar-refractivity contribution in [2.24, 2.45) is 11.8 Å². The van der Waals surface area contributed by atoms with Crippen LogP contribution in [-0.4, -0.2) is 47.6 Å². The van der Waals surface area contributed by atoms with Gasteiger partial charge in [-0.2, -0.15) is 0 Å². The summed E-state index contributed by atoms with van der Waals surface area (Å²) >= 11 is 0. The van der Waals surface area contributed by atoms with Gasteiger partial charge in [-0.1, -0.05) is 50.6 Å². The highest BCUT2D eigenvalue weighted by Gasteiger charge is 2.34. The fraction of sp³-hybridized carbons (Fsp3) is 0.579. The van der Waals surface area contributed by atoms with Crippen molar-refractivity contribution in [3.05, 3.63) is 35.9 Å². The second-order valence-electron chi connectivity index (χ2n) is 6.67. The van der Waals surface area contributed by atoms with Crippen molar-refractivity contribution in [2.45, 2.75) is 39.2 Å². The number of carbonyl (C=O) groups excluding carboxylic acids is 2. The summed E-state index contributed by atoms with van der Waals surface area (Å²) in [5, 5.41) is 12.7. The molecule has 5 heteroatoms. The predicted octanol–water partition coefficient (Wildman–Crippen LogP) is 1.60. The highest BCUT2D eigenvalue weighted by molar-refractivity contribution is 5.89. The Morgan fingerprint density at radius 1 is 1.38 bits per heavy atom. The van der Waals surface area contributed by atoms with Gasteiger partial charge < -0.3 is 15.3 Å². The third-order valence-electron chi connectivity index (χ3n) is 4.88. The average Bonchev–Trinajstić information content (AvgIpc) is 2.98. The quantitative estimate of drug-likeness (QED) is 0.760. The topological polar surface area (TPSA) is 69.6 Å². The van der Waals surface area contributed by atoms with E-state index < -0.39 is 6.10 Å². The predicted molar refractivity (Wildman–Crippen MR) is 93.3 cm³/mol. The summed E-state index contributed by atoms with van der Waals surface area (Å²) in [5.74, 6) is -0.253. The van der Waals surface area contributed by atoms with Crippen molar-refractivity contribution in [3.63, 3.8) is 0 Å². The Balaban J connectivity index is 1.77. The van der Waals surface area contributed by atoms with Gasteiger partial charge in [0.2, 0.25) is 11.8 Å². The fourth-order valence-corrected chi connectivity index (χ4v) is 2.90. The molecule has 1 aliphatic rings. The molecule has 2 rings (SSSR count). The van der Waals surface area contributed by atoms with Crippen LogP contribution in [0.5, 0.6) is 0 Å². The van der Waals surface area contributed by atoms with Crippen molar-refractivity contribution in [2.75, 3.05) is 19.6 Å². The van der Waals surface area contributed by atoms with E-state index in [0.717, 1.165) is 12.8 Å². The first-order valence-electron chi connectivity index (χ1n) is 8.78. The monoisotopic (exact) mass is 332 g/mol. The molecule has 0 spiro atoms. The number of carbonyl (C=O) groups is 2. The highest BCUT2D eigenvalue weighted by Crippen LogP contribution is 2.18. The van der Waals surface area contributed by atoms with Crippen LogP contribution in [-0.2, 0) is 16.0 Å². The number of aliphatic hydroxyl groups is 1. The molecule has 2 amide bonds. The van der Waals surface area contributed by atoms with Crippen LogP contribution >= 0.6 is 0 Å². The van der Waals surface area contributed by atoms with Crippen molar-refractivity contribution >= 4 is 11.8 Å². The Kier molecular flexibility index (Phi) is 6.79. The van der Waals surface area contributed by atoms with E-state index in [9.17, 15) is 14.7 Å². The van der Waals surface area contributed by atoms with Crippen LogP contribution in [0.25, 0.3) is 0 Å². The molecule has 24 heavy (non-hydrogen) atoms. The molecular formula is C19H28N2O3. The van der Waals surface area contributed by atoms with E-state index in [-0.39, 0.29) is 36.6 Å². The average molecular weight is 332 g/mol. The summed E-state index contributed by atoms with van der Waals surface area (Å²) in [6.07, 6.45) is 1.39. The van der Waals surface area contributed by atoms with Crippen LogP contribution in [0.4, 0.5) is 0 Å². The number of aliphatic hydroxyl groups excluding tert-OH is 1. The van der Waals surface area contributed by atoms with Crippen molar-refractivity contribution in [1.82, 2.24) is 10.2 Å². The van der Waals surface area contributed by atoms with Crippen LogP contribution in [0, 0.1) is 11.8 Å². The van der Waals surface area contributed by atoms with Gasteiger partial charge in [0.25, 0.3) is 0 Å². The number of benzene rings is 1. The lowest BCUT2D eigenvalue weighted by atomic mass is 10.0. The van der Waals surface area contributed by atoms with Crippen LogP contribution < -0.4 is 5.32 Å². The molecule has 1 aromatic rings. The third-order valence-corrected chi connectivity index (χ3v) is 4.88. The Labute approximate surface area is 144 Å². The van der Waals surface area contributed by atoms with Crippen LogP contribution in [0.3, 0.4) is 0 Å². The number of hydrogen-bond donors (Lipinski definition) is 2. The zero-order chi connectivity index (χ0) is 17.5. The smallest absolute Gasteiger partial charge is 0.225 e. The molecule has 1 aromatic carbocycles. The first-order chi connectivity index (χ1) is 11.5. The summed E-state index contributed by atoms with van der Waals surface area (Å²) in [6, 6.07) is 10.0. The molecule has 3 atom stereocenters. The summed E-state index contributed by atoms with van der Waals surface area (Å²) in [5.41, 5.74) is 1.19. The van der Waals surface area contributed by atoms with E-state index in [0.29, 0.717) is 13.1 Å². The lowest BCUT2D eigenvalue weighted by Gasteiger charge is -2.19. The molecule has 132 valence electrons. The Hall–Kier alpha value is -1.88. The summed E-state index contributed by atoms with van der Waals surface area (Å²) < 4.78 is 0. The van der Waals surface area contributed by atoms with Crippen molar-refractivity contribution in [1.29, 1.82) is 0 Å². The number of hydrogen-bond acceptors (Lipinski definition) is 3. The van der Waals surface area contributed by atoms with Crippen LogP contribution in [0.2, 0.25) is 0 Å². The fourth-order valence-electron chi connectivity index (χ4n) is 2.90. The standard InChI is InChI=1S/C19H28N2O3/c1-3-14(2)17(22)12-20-19(24)16-11-18(23)21(13-16)10-9-15-7-5-4-6-8-15/h4-8,14,16-17,22H,3,9-13H2,1-2H3,(H,20,24). The van der Waals surface area contributed by atoms with Crippen LogP contribution in [0.1, 0.15) is 32.3 Å². The molecule has 0 saturated carbocycles. The third kappa shape index (κ3) is 5.06. The molecule has 1 aliphatic heterocycles. The number of likely N-dealkylation sites (tertiary alicyclic amines) is 1. The van der Waals surface area contributed by atoms with E-state index in [1.165, 1.54) is 5.56 Å². The molecule has 3 unspecified atom stereocenters. The molecule has 1 heterocycles. The van der Waals surface area contributed by atoms with Gasteiger partial charge in [-0.05, 0) is 17.9 Å². The molecule has 0 bridgehead atoms. The number of nitrogens with zero attached hydrogens (tertiary/aromatic N) is 1. The lowest BCUT2D eigenvalue weighted by molar-refractivity contribution is -0.129. The maximum Gasteiger partial charge on any atom is 0.225 e. The van der Waals surface area contributed by atoms with E-state index in [1.807, 2.05) is 44.2 Å². The largest absolute Gasteiger partial charge is 0.391 e. The maximum absolute atomic E-state index is 12.2. The minimum absolute atomic E-state index is 0.0357. The van der Waals surface area contributed by atoms with Gasteiger partial charge in [-0.3, -0.25) is 9.59 Å². The lowest BCUT2D eigenvalue weighted by Crippen LogP contribution is -2.39. The molecule has 1 fully saturated rings. The zero-order valence-corrected chi connectivity index (χ0v) is 14.6. The normalized spacial score (nSPS) is 20.0. The Morgan fingerprint density at radius 3 is 2.75 bits per heavy atom. The number of rotatable bonds is 8. The molecule has 0 aromatic heterocycles. The SMILES string of the molecule is CCC(C)C(O)CNC(=O)C1CC(=O)N(CCc2ccccc2)C1.